The minimum atomic E-state index is -0.307. The first-order valence-corrected chi connectivity index (χ1v) is 11.8. The molecule has 6 nitrogen and oxygen atoms in total. The highest BCUT2D eigenvalue weighted by Gasteiger charge is 2.24. The van der Waals surface area contributed by atoms with Gasteiger partial charge >= 0.3 is 0 Å². The van der Waals surface area contributed by atoms with E-state index < -0.39 is 0 Å². The normalized spacial score (nSPS) is 15.9. The predicted molar refractivity (Wildman–Crippen MR) is 131 cm³/mol. The standard InChI is InChI=1S/C27H31FN4O2/c1-17-15-21(27(34)31-14-6-5-7-18(31)2)8-13-25(17)29-26(33)16-24-19(3)30-32(20(24)4)23-11-9-22(28)10-12-23/h8-13,15,18H,5-7,14,16H2,1-4H3,(H,29,33). The van der Waals surface area contributed by atoms with Crippen LogP contribution in [-0.4, -0.2) is 39.1 Å². The Kier molecular flexibility index (Phi) is 6.82. The van der Waals surface area contributed by atoms with Crippen molar-refractivity contribution in [3.8, 4) is 5.69 Å². The lowest BCUT2D eigenvalue weighted by molar-refractivity contribution is -0.115. The third kappa shape index (κ3) is 4.88. The molecule has 2 aromatic carbocycles. The molecule has 1 N–H and O–H groups in total. The van der Waals surface area contributed by atoms with Crippen LogP contribution < -0.4 is 5.32 Å². The summed E-state index contributed by atoms with van der Waals surface area (Å²) >= 11 is 0. The minimum absolute atomic E-state index is 0.0487. The van der Waals surface area contributed by atoms with E-state index in [1.165, 1.54) is 12.1 Å². The lowest BCUT2D eigenvalue weighted by atomic mass is 10.0. The van der Waals surface area contributed by atoms with Gasteiger partial charge in [0.1, 0.15) is 5.82 Å². The fourth-order valence-electron chi connectivity index (χ4n) is 4.62. The summed E-state index contributed by atoms with van der Waals surface area (Å²) in [6.45, 7) is 8.56. The molecule has 1 aromatic heterocycles. The van der Waals surface area contributed by atoms with Gasteiger partial charge in [-0.1, -0.05) is 0 Å². The summed E-state index contributed by atoms with van der Waals surface area (Å²) in [5.74, 6) is -0.414. The molecule has 1 saturated heterocycles. The molecular weight excluding hydrogens is 431 g/mol. The van der Waals surface area contributed by atoms with E-state index in [-0.39, 0.29) is 30.1 Å². The second-order valence-corrected chi connectivity index (χ2v) is 9.14. The van der Waals surface area contributed by atoms with Crippen LogP contribution in [0.5, 0.6) is 0 Å². The number of carbonyl (C=O) groups excluding carboxylic acids is 2. The van der Waals surface area contributed by atoms with Gasteiger partial charge in [0.2, 0.25) is 5.91 Å². The number of likely N-dealkylation sites (tertiary alicyclic amines) is 1. The molecular formula is C27H31FN4O2. The number of nitrogens with zero attached hydrogens (tertiary/aromatic N) is 3. The molecule has 4 rings (SSSR count). The van der Waals surface area contributed by atoms with Crippen LogP contribution in [-0.2, 0) is 11.2 Å². The fourth-order valence-corrected chi connectivity index (χ4v) is 4.62. The highest BCUT2D eigenvalue weighted by atomic mass is 19.1. The Labute approximate surface area is 199 Å². The van der Waals surface area contributed by atoms with Gasteiger partial charge in [-0.25, -0.2) is 9.07 Å². The summed E-state index contributed by atoms with van der Waals surface area (Å²) in [6, 6.07) is 11.8. The molecule has 0 aliphatic carbocycles. The number of halogens is 1. The summed E-state index contributed by atoms with van der Waals surface area (Å²) in [4.78, 5) is 27.8. The number of aryl methyl sites for hydroxylation is 2. The van der Waals surface area contributed by atoms with Crippen molar-refractivity contribution in [3.05, 3.63) is 76.4 Å². The number of rotatable bonds is 5. The maximum absolute atomic E-state index is 13.3. The first-order valence-electron chi connectivity index (χ1n) is 11.8. The van der Waals surface area contributed by atoms with Crippen LogP contribution in [0.3, 0.4) is 0 Å². The fraction of sp³-hybridized carbons (Fsp3) is 0.370. The van der Waals surface area contributed by atoms with E-state index in [4.69, 9.17) is 0 Å². The van der Waals surface area contributed by atoms with E-state index >= 15 is 0 Å². The first kappa shape index (κ1) is 23.7. The van der Waals surface area contributed by atoms with Crippen LogP contribution in [0.25, 0.3) is 5.69 Å². The molecule has 2 amide bonds. The van der Waals surface area contributed by atoms with Crippen molar-refractivity contribution >= 4 is 17.5 Å². The third-order valence-corrected chi connectivity index (χ3v) is 6.66. The van der Waals surface area contributed by atoms with Crippen molar-refractivity contribution in [2.75, 3.05) is 11.9 Å². The number of amides is 2. The van der Waals surface area contributed by atoms with Crippen LogP contribution in [0.2, 0.25) is 0 Å². The topological polar surface area (TPSA) is 67.2 Å². The second kappa shape index (κ2) is 9.79. The van der Waals surface area contributed by atoms with Crippen molar-refractivity contribution in [3.63, 3.8) is 0 Å². The van der Waals surface area contributed by atoms with Gasteiger partial charge in [0.05, 0.1) is 17.8 Å². The number of benzene rings is 2. The summed E-state index contributed by atoms with van der Waals surface area (Å²) in [5.41, 5.74) is 5.36. The predicted octanol–water partition coefficient (Wildman–Crippen LogP) is 5.13. The smallest absolute Gasteiger partial charge is 0.254 e. The Balaban J connectivity index is 1.46. The van der Waals surface area contributed by atoms with Gasteiger partial charge in [0, 0.05) is 35.1 Å². The van der Waals surface area contributed by atoms with Gasteiger partial charge in [0.25, 0.3) is 5.91 Å². The number of anilines is 1. The molecule has 0 spiro atoms. The first-order chi connectivity index (χ1) is 16.2. The molecule has 34 heavy (non-hydrogen) atoms. The second-order valence-electron chi connectivity index (χ2n) is 9.14. The molecule has 1 atom stereocenters. The molecule has 0 radical (unpaired) electrons. The Morgan fingerprint density at radius 2 is 1.82 bits per heavy atom. The SMILES string of the molecule is Cc1cc(C(=O)N2CCCCC2C)ccc1NC(=O)Cc1c(C)nn(-c2ccc(F)cc2)c1C. The summed E-state index contributed by atoms with van der Waals surface area (Å²) in [5, 5.41) is 7.51. The van der Waals surface area contributed by atoms with Gasteiger partial charge in [-0.05, 0) is 95.0 Å². The van der Waals surface area contributed by atoms with E-state index in [0.29, 0.717) is 11.3 Å². The van der Waals surface area contributed by atoms with Gasteiger partial charge in [-0.15, -0.1) is 0 Å². The summed E-state index contributed by atoms with van der Waals surface area (Å²) < 4.78 is 15.0. The number of hydrogen-bond acceptors (Lipinski definition) is 3. The van der Waals surface area contributed by atoms with Gasteiger partial charge in [-0.3, -0.25) is 9.59 Å². The molecule has 0 saturated carbocycles. The van der Waals surface area contributed by atoms with Crippen molar-refractivity contribution in [2.24, 2.45) is 0 Å². The molecule has 2 heterocycles. The summed E-state index contributed by atoms with van der Waals surface area (Å²) in [7, 11) is 0. The molecule has 3 aromatic rings. The number of carbonyl (C=O) groups is 2. The van der Waals surface area contributed by atoms with E-state index in [1.54, 1.807) is 28.9 Å². The highest BCUT2D eigenvalue weighted by Crippen LogP contribution is 2.23. The number of nitrogens with one attached hydrogen (secondary N) is 1. The average molecular weight is 463 g/mol. The summed E-state index contributed by atoms with van der Waals surface area (Å²) in [6.07, 6.45) is 3.41. The maximum Gasteiger partial charge on any atom is 0.254 e. The lowest BCUT2D eigenvalue weighted by Crippen LogP contribution is -2.42. The number of piperidine rings is 1. The van der Waals surface area contributed by atoms with Crippen molar-refractivity contribution in [2.45, 2.75) is 59.4 Å². The highest BCUT2D eigenvalue weighted by molar-refractivity contribution is 5.97. The Morgan fingerprint density at radius 1 is 1.09 bits per heavy atom. The quantitative estimate of drug-likeness (QED) is 0.571. The Hall–Kier alpha value is -3.48. The Morgan fingerprint density at radius 3 is 2.50 bits per heavy atom. The number of aromatic nitrogens is 2. The van der Waals surface area contributed by atoms with Crippen molar-refractivity contribution in [1.29, 1.82) is 0 Å². The monoisotopic (exact) mass is 462 g/mol. The molecule has 1 aliphatic rings. The number of hydrogen-bond donors (Lipinski definition) is 1. The average Bonchev–Trinajstić information content (AvgIpc) is 3.09. The van der Waals surface area contributed by atoms with E-state index in [2.05, 4.69) is 17.3 Å². The van der Waals surface area contributed by atoms with Gasteiger partial charge in [-0.2, -0.15) is 5.10 Å². The molecule has 1 unspecified atom stereocenters. The molecule has 178 valence electrons. The zero-order valence-corrected chi connectivity index (χ0v) is 20.2. The van der Waals surface area contributed by atoms with E-state index in [0.717, 1.165) is 54.0 Å². The zero-order chi connectivity index (χ0) is 24.4. The van der Waals surface area contributed by atoms with E-state index in [9.17, 15) is 14.0 Å². The van der Waals surface area contributed by atoms with Crippen LogP contribution in [0.1, 0.15) is 59.1 Å². The van der Waals surface area contributed by atoms with Gasteiger partial charge < -0.3 is 10.2 Å². The van der Waals surface area contributed by atoms with Crippen LogP contribution in [0, 0.1) is 26.6 Å². The van der Waals surface area contributed by atoms with Crippen molar-refractivity contribution < 1.29 is 14.0 Å². The molecule has 1 aliphatic heterocycles. The zero-order valence-electron chi connectivity index (χ0n) is 20.2. The van der Waals surface area contributed by atoms with Crippen LogP contribution >= 0.6 is 0 Å². The third-order valence-electron chi connectivity index (χ3n) is 6.66. The molecule has 1 fully saturated rings. The largest absolute Gasteiger partial charge is 0.336 e. The van der Waals surface area contributed by atoms with Crippen molar-refractivity contribution in [1.82, 2.24) is 14.7 Å². The minimum Gasteiger partial charge on any atom is -0.336 e. The van der Waals surface area contributed by atoms with E-state index in [1.807, 2.05) is 31.7 Å². The Bertz CT molecular complexity index is 1220. The molecule has 7 heteroatoms. The molecule has 0 bridgehead atoms. The van der Waals surface area contributed by atoms with Crippen LogP contribution in [0.15, 0.2) is 42.5 Å². The van der Waals surface area contributed by atoms with Gasteiger partial charge in [0.15, 0.2) is 0 Å². The lowest BCUT2D eigenvalue weighted by Gasteiger charge is -2.33. The maximum atomic E-state index is 13.3. The van der Waals surface area contributed by atoms with Crippen LogP contribution in [0.4, 0.5) is 10.1 Å².